The van der Waals surface area contributed by atoms with E-state index in [1.165, 1.54) is 12.0 Å². The highest BCUT2D eigenvalue weighted by atomic mass is 32.2. The van der Waals surface area contributed by atoms with Gasteiger partial charge in [0.1, 0.15) is 5.60 Å². The van der Waals surface area contributed by atoms with Crippen molar-refractivity contribution in [1.82, 2.24) is 0 Å². The zero-order valence-electron chi connectivity index (χ0n) is 16.2. The van der Waals surface area contributed by atoms with Crippen molar-refractivity contribution in [2.45, 2.75) is 43.9 Å². The Balaban J connectivity index is 1.95. The standard InChI is InChI=1S/C22H27NO2S2/c1-22(2,3)25-21(24)23(16-17-10-5-4-6-11-17)19-13-8-7-12-18(19)20-26-14-9-15-27-20/h4-8,10-13,20H,9,14-16H2,1-3H3. The Kier molecular flexibility index (Phi) is 6.77. The highest BCUT2D eigenvalue weighted by Gasteiger charge is 2.28. The summed E-state index contributed by atoms with van der Waals surface area (Å²) in [6, 6.07) is 18.3. The van der Waals surface area contributed by atoms with E-state index in [9.17, 15) is 4.79 Å². The molecule has 5 heteroatoms. The summed E-state index contributed by atoms with van der Waals surface area (Å²) in [5.74, 6) is 2.33. The van der Waals surface area contributed by atoms with Crippen LogP contribution in [-0.2, 0) is 11.3 Å². The molecule has 1 aliphatic heterocycles. The predicted molar refractivity (Wildman–Crippen MR) is 118 cm³/mol. The van der Waals surface area contributed by atoms with E-state index < -0.39 is 5.60 Å². The Morgan fingerprint density at radius 2 is 1.67 bits per heavy atom. The second-order valence-electron chi connectivity index (χ2n) is 7.54. The second-order valence-corrected chi connectivity index (χ2v) is 10.3. The van der Waals surface area contributed by atoms with Crippen molar-refractivity contribution in [2.75, 3.05) is 16.4 Å². The van der Waals surface area contributed by atoms with E-state index in [1.807, 2.05) is 86.8 Å². The molecule has 1 aliphatic rings. The fourth-order valence-corrected chi connectivity index (χ4v) is 5.88. The molecule has 0 N–H and O–H groups in total. The molecular formula is C22H27NO2S2. The van der Waals surface area contributed by atoms with Gasteiger partial charge in [-0.15, -0.1) is 23.5 Å². The van der Waals surface area contributed by atoms with Crippen LogP contribution in [-0.4, -0.2) is 23.2 Å². The summed E-state index contributed by atoms with van der Waals surface area (Å²) in [6.07, 6.45) is 0.943. The molecule has 2 aromatic rings. The smallest absolute Gasteiger partial charge is 0.415 e. The molecule has 0 bridgehead atoms. The summed E-state index contributed by atoms with van der Waals surface area (Å²) in [5.41, 5.74) is 2.70. The first-order chi connectivity index (χ1) is 12.9. The summed E-state index contributed by atoms with van der Waals surface area (Å²) in [5, 5.41) is 0. The molecule has 0 aromatic heterocycles. The van der Waals surface area contributed by atoms with Gasteiger partial charge in [-0.05, 0) is 55.9 Å². The lowest BCUT2D eigenvalue weighted by Gasteiger charge is -2.31. The fraction of sp³-hybridized carbons (Fsp3) is 0.409. The van der Waals surface area contributed by atoms with Gasteiger partial charge in [0.05, 0.1) is 16.8 Å². The maximum Gasteiger partial charge on any atom is 0.415 e. The second kappa shape index (κ2) is 9.07. The maximum atomic E-state index is 13.1. The van der Waals surface area contributed by atoms with E-state index in [1.54, 1.807) is 4.90 Å². The van der Waals surface area contributed by atoms with E-state index in [4.69, 9.17) is 4.74 Å². The fourth-order valence-electron chi connectivity index (χ4n) is 2.93. The number of carbonyl (C=O) groups excluding carboxylic acids is 1. The first kappa shape index (κ1) is 20.2. The van der Waals surface area contributed by atoms with Crippen molar-refractivity contribution >= 4 is 35.3 Å². The number of rotatable bonds is 4. The Morgan fingerprint density at radius 3 is 2.33 bits per heavy atom. The molecule has 3 rings (SSSR count). The third kappa shape index (κ3) is 5.69. The number of hydrogen-bond acceptors (Lipinski definition) is 4. The minimum Gasteiger partial charge on any atom is -0.443 e. The minimum atomic E-state index is -0.532. The van der Waals surface area contributed by atoms with Gasteiger partial charge in [-0.25, -0.2) is 4.79 Å². The van der Waals surface area contributed by atoms with E-state index in [0.717, 1.165) is 22.8 Å². The van der Waals surface area contributed by atoms with Crippen LogP contribution >= 0.6 is 23.5 Å². The van der Waals surface area contributed by atoms with Crippen LogP contribution in [0.15, 0.2) is 54.6 Å². The van der Waals surface area contributed by atoms with Crippen molar-refractivity contribution in [3.63, 3.8) is 0 Å². The predicted octanol–water partition coefficient (Wildman–Crippen LogP) is 6.50. The average Bonchev–Trinajstić information content (AvgIpc) is 2.66. The number of carbonyl (C=O) groups is 1. The molecule has 2 aromatic carbocycles. The Labute approximate surface area is 170 Å². The van der Waals surface area contributed by atoms with Crippen molar-refractivity contribution in [2.24, 2.45) is 0 Å². The third-order valence-electron chi connectivity index (χ3n) is 4.11. The van der Waals surface area contributed by atoms with Gasteiger partial charge < -0.3 is 4.74 Å². The molecule has 144 valence electrons. The number of para-hydroxylation sites is 1. The molecule has 0 unspecified atom stereocenters. The van der Waals surface area contributed by atoms with Crippen LogP contribution in [0.2, 0.25) is 0 Å². The number of ether oxygens (including phenoxy) is 1. The van der Waals surface area contributed by atoms with E-state index >= 15 is 0 Å². The van der Waals surface area contributed by atoms with E-state index in [2.05, 4.69) is 12.1 Å². The Hall–Kier alpha value is -1.59. The van der Waals surface area contributed by atoms with Crippen molar-refractivity contribution in [3.8, 4) is 0 Å². The summed E-state index contributed by atoms with van der Waals surface area (Å²) in [4.78, 5) is 14.9. The van der Waals surface area contributed by atoms with E-state index in [-0.39, 0.29) is 6.09 Å². The number of anilines is 1. The molecule has 27 heavy (non-hydrogen) atoms. The molecule has 0 saturated carbocycles. The number of amides is 1. The molecule has 1 amide bonds. The van der Waals surface area contributed by atoms with Gasteiger partial charge in [0.2, 0.25) is 0 Å². The SMILES string of the molecule is CC(C)(C)OC(=O)N(Cc1ccccc1)c1ccccc1C1SCCCS1. The number of hydrogen-bond donors (Lipinski definition) is 0. The Morgan fingerprint density at radius 1 is 1.04 bits per heavy atom. The number of nitrogens with zero attached hydrogens (tertiary/aromatic N) is 1. The van der Waals surface area contributed by atoms with Gasteiger partial charge in [0.25, 0.3) is 0 Å². The van der Waals surface area contributed by atoms with E-state index in [0.29, 0.717) is 11.1 Å². The highest BCUT2D eigenvalue weighted by Crippen LogP contribution is 2.47. The molecule has 1 heterocycles. The Bertz CT molecular complexity index is 752. The molecule has 1 saturated heterocycles. The topological polar surface area (TPSA) is 29.5 Å². The normalized spacial score (nSPS) is 15.4. The molecule has 0 atom stereocenters. The minimum absolute atomic E-state index is 0.301. The monoisotopic (exact) mass is 401 g/mol. The van der Waals surface area contributed by atoms with Gasteiger partial charge in [-0.2, -0.15) is 0 Å². The lowest BCUT2D eigenvalue weighted by atomic mass is 10.1. The average molecular weight is 402 g/mol. The largest absolute Gasteiger partial charge is 0.443 e. The summed E-state index contributed by atoms with van der Waals surface area (Å²) >= 11 is 3.93. The van der Waals surface area contributed by atoms with Crippen LogP contribution in [0, 0.1) is 0 Å². The van der Waals surface area contributed by atoms with Gasteiger partial charge in [-0.3, -0.25) is 4.90 Å². The maximum absolute atomic E-state index is 13.1. The zero-order chi connectivity index (χ0) is 19.3. The lowest BCUT2D eigenvalue weighted by molar-refractivity contribution is 0.0577. The molecule has 3 nitrogen and oxygen atoms in total. The van der Waals surface area contributed by atoms with Crippen molar-refractivity contribution < 1.29 is 9.53 Å². The molecular weight excluding hydrogens is 374 g/mol. The molecule has 0 aliphatic carbocycles. The third-order valence-corrected chi connectivity index (χ3v) is 7.08. The van der Waals surface area contributed by atoms with Gasteiger partial charge in [-0.1, -0.05) is 48.5 Å². The summed E-state index contributed by atoms with van der Waals surface area (Å²) in [6.45, 7) is 6.22. The molecule has 0 radical (unpaired) electrons. The van der Waals surface area contributed by atoms with Crippen molar-refractivity contribution in [1.29, 1.82) is 0 Å². The van der Waals surface area contributed by atoms with Gasteiger partial charge >= 0.3 is 6.09 Å². The number of benzene rings is 2. The first-order valence-corrected chi connectivity index (χ1v) is 11.4. The number of thioether (sulfide) groups is 2. The van der Waals surface area contributed by atoms with Crippen LogP contribution in [0.3, 0.4) is 0 Å². The summed E-state index contributed by atoms with van der Waals surface area (Å²) in [7, 11) is 0. The lowest BCUT2D eigenvalue weighted by Crippen LogP contribution is -2.37. The van der Waals surface area contributed by atoms with Crippen LogP contribution in [0.1, 0.15) is 42.9 Å². The van der Waals surface area contributed by atoms with Gasteiger partial charge in [0, 0.05) is 0 Å². The van der Waals surface area contributed by atoms with Crippen molar-refractivity contribution in [3.05, 3.63) is 65.7 Å². The van der Waals surface area contributed by atoms with Crippen LogP contribution in [0.25, 0.3) is 0 Å². The van der Waals surface area contributed by atoms with Crippen LogP contribution in [0.5, 0.6) is 0 Å². The van der Waals surface area contributed by atoms with Crippen LogP contribution in [0.4, 0.5) is 10.5 Å². The molecule has 0 spiro atoms. The quantitative estimate of drug-likeness (QED) is 0.585. The first-order valence-electron chi connectivity index (χ1n) is 9.30. The van der Waals surface area contributed by atoms with Crippen LogP contribution < -0.4 is 4.90 Å². The molecule has 1 fully saturated rings. The van der Waals surface area contributed by atoms with Gasteiger partial charge in [0.15, 0.2) is 0 Å². The summed E-state index contributed by atoms with van der Waals surface area (Å²) < 4.78 is 6.10. The highest BCUT2D eigenvalue weighted by molar-refractivity contribution is 8.16. The zero-order valence-corrected chi connectivity index (χ0v) is 17.8.